The van der Waals surface area contributed by atoms with E-state index in [0.29, 0.717) is 6.42 Å². The molecule has 0 aliphatic carbocycles. The van der Waals surface area contributed by atoms with Crippen LogP contribution in [0, 0.1) is 0 Å². The summed E-state index contributed by atoms with van der Waals surface area (Å²) in [5.74, 6) is 0. The molecular weight excluding hydrogens is 151 g/mol. The molecule has 0 bridgehead atoms. The average molecular weight is 166 g/mol. The van der Waals surface area contributed by atoms with Crippen molar-refractivity contribution < 1.29 is 56.2 Å². The Kier molecular flexibility index (Phi) is 17.9. The third-order valence-electron chi connectivity index (χ3n) is 1.38. The van der Waals surface area contributed by atoms with Crippen LogP contribution in [0.1, 0.15) is 45.4 Å². The third-order valence-corrected chi connectivity index (χ3v) is 1.38. The summed E-state index contributed by atoms with van der Waals surface area (Å²) in [6.07, 6.45) is 8.60. The van der Waals surface area contributed by atoms with Crippen molar-refractivity contribution >= 4 is 6.29 Å². The van der Waals surface area contributed by atoms with Crippen molar-refractivity contribution in [2.75, 3.05) is 0 Å². The van der Waals surface area contributed by atoms with Gasteiger partial charge in [0.1, 0.15) is 0 Å². The van der Waals surface area contributed by atoms with E-state index >= 15 is 0 Å². The van der Waals surface area contributed by atoms with Gasteiger partial charge in [0, 0.05) is 0 Å². The molecular formula is C8H15KO. The van der Waals surface area contributed by atoms with Gasteiger partial charge >= 0.3 is 51.4 Å². The van der Waals surface area contributed by atoms with Gasteiger partial charge < -0.3 is 4.79 Å². The first-order valence-corrected chi connectivity index (χ1v) is 3.76. The second kappa shape index (κ2) is 12.9. The summed E-state index contributed by atoms with van der Waals surface area (Å²) in [5, 5.41) is 0. The molecule has 54 valence electrons. The van der Waals surface area contributed by atoms with Crippen LogP contribution in [-0.4, -0.2) is 6.29 Å². The number of unbranched alkanes of at least 4 members (excludes halogenated alkanes) is 5. The molecule has 0 aromatic carbocycles. The predicted molar refractivity (Wildman–Crippen MR) is 39.1 cm³/mol. The molecule has 0 saturated carbocycles. The van der Waals surface area contributed by atoms with Crippen molar-refractivity contribution in [2.45, 2.75) is 45.4 Å². The number of hydrogen-bond donors (Lipinski definition) is 0. The smallest absolute Gasteiger partial charge is 0.542 e. The fourth-order valence-corrected chi connectivity index (χ4v) is 0.801. The first kappa shape index (κ1) is 13.9. The summed E-state index contributed by atoms with van der Waals surface area (Å²) in [4.78, 5) is 9.71. The maximum atomic E-state index is 9.71. The molecule has 0 atom stereocenters. The number of hydrogen-bond acceptors (Lipinski definition) is 1. The molecule has 0 aromatic heterocycles. The Bertz CT molecular complexity index is 64.3. The molecule has 0 spiro atoms. The van der Waals surface area contributed by atoms with Crippen LogP contribution in [0.25, 0.3) is 0 Å². The van der Waals surface area contributed by atoms with Crippen molar-refractivity contribution in [1.29, 1.82) is 0 Å². The molecule has 0 heterocycles. The summed E-state index contributed by atoms with van der Waals surface area (Å²) >= 11 is 0. The molecule has 1 nitrogen and oxygen atoms in total. The van der Waals surface area contributed by atoms with Crippen molar-refractivity contribution in [3.05, 3.63) is 0 Å². The summed E-state index contributed by atoms with van der Waals surface area (Å²) in [5.41, 5.74) is 0. The predicted octanol–water partition coefficient (Wildman–Crippen LogP) is -0.539. The van der Waals surface area contributed by atoms with E-state index in [1.165, 1.54) is 25.7 Å². The van der Waals surface area contributed by atoms with Crippen molar-refractivity contribution in [3.8, 4) is 0 Å². The van der Waals surface area contributed by atoms with Gasteiger partial charge in [-0.05, 0) is 0 Å². The molecule has 0 rings (SSSR count). The maximum absolute atomic E-state index is 9.71. The Morgan fingerprint density at radius 2 is 1.70 bits per heavy atom. The van der Waals surface area contributed by atoms with Crippen molar-refractivity contribution in [2.24, 2.45) is 0 Å². The fraction of sp³-hybridized carbons (Fsp3) is 0.875. The Hall–Kier alpha value is 1.31. The van der Waals surface area contributed by atoms with Gasteiger partial charge in [-0.3, -0.25) is 6.29 Å². The van der Waals surface area contributed by atoms with Crippen LogP contribution < -0.4 is 51.4 Å². The molecule has 0 unspecified atom stereocenters. The SMILES string of the molecule is CCCCCCC[C-]=O.[K+]. The van der Waals surface area contributed by atoms with E-state index in [-0.39, 0.29) is 51.4 Å². The zero-order valence-corrected chi connectivity index (χ0v) is 10.3. The monoisotopic (exact) mass is 166 g/mol. The first-order chi connectivity index (χ1) is 4.41. The minimum atomic E-state index is 0. The maximum Gasteiger partial charge on any atom is 1.00 e. The molecule has 0 fully saturated rings. The molecule has 0 radical (unpaired) electrons. The molecule has 2 heteroatoms. The van der Waals surface area contributed by atoms with Gasteiger partial charge in [0.25, 0.3) is 0 Å². The van der Waals surface area contributed by atoms with Gasteiger partial charge in [-0.15, -0.1) is 0 Å². The minimum Gasteiger partial charge on any atom is -0.542 e. The molecule has 0 amide bonds. The largest absolute Gasteiger partial charge is 1.00 e. The zero-order valence-electron chi connectivity index (χ0n) is 7.15. The molecule has 0 aliphatic rings. The van der Waals surface area contributed by atoms with Gasteiger partial charge in [-0.2, -0.15) is 6.42 Å². The van der Waals surface area contributed by atoms with Gasteiger partial charge in [-0.25, -0.2) is 0 Å². The van der Waals surface area contributed by atoms with Crippen molar-refractivity contribution in [1.82, 2.24) is 0 Å². The van der Waals surface area contributed by atoms with Crippen LogP contribution in [0.4, 0.5) is 0 Å². The quantitative estimate of drug-likeness (QED) is 0.294. The Morgan fingerprint density at radius 3 is 2.20 bits per heavy atom. The van der Waals surface area contributed by atoms with E-state index < -0.39 is 0 Å². The van der Waals surface area contributed by atoms with E-state index in [1.54, 1.807) is 0 Å². The van der Waals surface area contributed by atoms with Crippen LogP contribution in [-0.2, 0) is 4.79 Å². The molecule has 10 heavy (non-hydrogen) atoms. The van der Waals surface area contributed by atoms with Crippen LogP contribution in [0.5, 0.6) is 0 Å². The summed E-state index contributed by atoms with van der Waals surface area (Å²) < 4.78 is 0. The van der Waals surface area contributed by atoms with Crippen molar-refractivity contribution in [3.63, 3.8) is 0 Å². The fourth-order valence-electron chi connectivity index (χ4n) is 0.801. The Labute approximate surface area is 106 Å². The van der Waals surface area contributed by atoms with E-state index in [1.807, 2.05) is 6.29 Å². The van der Waals surface area contributed by atoms with E-state index in [4.69, 9.17) is 0 Å². The van der Waals surface area contributed by atoms with Gasteiger partial charge in [0.15, 0.2) is 0 Å². The summed E-state index contributed by atoms with van der Waals surface area (Å²) in [6, 6.07) is 0. The minimum absolute atomic E-state index is 0. The van der Waals surface area contributed by atoms with E-state index in [9.17, 15) is 4.79 Å². The van der Waals surface area contributed by atoms with Crippen LogP contribution in [0.3, 0.4) is 0 Å². The summed E-state index contributed by atoms with van der Waals surface area (Å²) in [6.45, 7) is 2.19. The number of rotatable bonds is 6. The van der Waals surface area contributed by atoms with Gasteiger partial charge in [-0.1, -0.05) is 39.0 Å². The normalized spacial score (nSPS) is 8.50. The van der Waals surface area contributed by atoms with Crippen LogP contribution in [0.2, 0.25) is 0 Å². The molecule has 0 saturated heterocycles. The summed E-state index contributed by atoms with van der Waals surface area (Å²) in [7, 11) is 0. The van der Waals surface area contributed by atoms with Crippen LogP contribution >= 0.6 is 0 Å². The van der Waals surface area contributed by atoms with Crippen LogP contribution in [0.15, 0.2) is 0 Å². The second-order valence-corrected chi connectivity index (χ2v) is 2.31. The number of carbonyl (C=O) groups excluding carboxylic acids is 1. The Morgan fingerprint density at radius 1 is 1.10 bits per heavy atom. The standard InChI is InChI=1S/C8H15O.K/c1-2-3-4-5-6-7-8-9;/h2-7H2,1H3;/q-1;+1. The third kappa shape index (κ3) is 12.0. The van der Waals surface area contributed by atoms with Gasteiger partial charge in [0.05, 0.1) is 0 Å². The zero-order chi connectivity index (χ0) is 6.95. The average Bonchev–Trinajstić information content (AvgIpc) is 1.89. The second-order valence-electron chi connectivity index (χ2n) is 2.31. The topological polar surface area (TPSA) is 17.1 Å². The van der Waals surface area contributed by atoms with Gasteiger partial charge in [0.2, 0.25) is 0 Å². The Balaban J connectivity index is 0. The molecule has 0 N–H and O–H groups in total. The first-order valence-electron chi connectivity index (χ1n) is 3.76. The van der Waals surface area contributed by atoms with E-state index in [2.05, 4.69) is 6.92 Å². The van der Waals surface area contributed by atoms with E-state index in [0.717, 1.165) is 6.42 Å². The molecule has 0 aliphatic heterocycles. The molecule has 0 aromatic rings.